The second-order valence-corrected chi connectivity index (χ2v) is 9.71. The minimum absolute atomic E-state index is 0.0760. The Hall–Kier alpha value is -3.86. The standard InChI is InChI=1S/C27H28NO10P/c28-24(27(31)32)18-37-39(33,34)36-15-14-35-26(30)17-22(29)16-21-8-4-5-9-25(21)38-23-12-10-20(11-13-23)19-6-2-1-3-7-19/h1-13,24H,14-18,28H2,(H,31,32)(H,33,34)/t24-/m0/s1. The van der Waals surface area contributed by atoms with Crippen molar-refractivity contribution in [2.24, 2.45) is 5.73 Å². The SMILES string of the molecule is N[C@@H](COP(=O)(O)OCCOC(=O)CC(=O)Cc1ccccc1Oc1ccc(-c2ccccc2)cc1)C(=O)O. The van der Waals surface area contributed by atoms with E-state index in [1.807, 2.05) is 54.6 Å². The second kappa shape index (κ2) is 14.3. The van der Waals surface area contributed by atoms with Gasteiger partial charge in [-0.2, -0.15) is 0 Å². The molecule has 2 atom stereocenters. The number of ether oxygens (including phenoxy) is 2. The Labute approximate surface area is 224 Å². The van der Waals surface area contributed by atoms with Gasteiger partial charge in [0.2, 0.25) is 0 Å². The lowest BCUT2D eigenvalue weighted by Gasteiger charge is -2.14. The summed E-state index contributed by atoms with van der Waals surface area (Å²) in [6, 6.07) is 22.9. The second-order valence-electron chi connectivity index (χ2n) is 8.26. The number of Topliss-reactive ketones (excluding diaryl/α,β-unsaturated/α-hetero) is 1. The van der Waals surface area contributed by atoms with Crippen molar-refractivity contribution in [1.29, 1.82) is 0 Å². The number of hydrogen-bond donors (Lipinski definition) is 3. The van der Waals surface area contributed by atoms with Gasteiger partial charge in [-0.05, 0) is 29.3 Å². The van der Waals surface area contributed by atoms with E-state index in [0.717, 1.165) is 11.1 Å². The molecule has 0 aliphatic carbocycles. The van der Waals surface area contributed by atoms with Crippen molar-refractivity contribution < 1.29 is 47.5 Å². The summed E-state index contributed by atoms with van der Waals surface area (Å²) in [5.41, 5.74) is 7.87. The molecule has 12 heteroatoms. The summed E-state index contributed by atoms with van der Waals surface area (Å²) in [4.78, 5) is 44.6. The highest BCUT2D eigenvalue weighted by atomic mass is 31.2. The van der Waals surface area contributed by atoms with E-state index >= 15 is 0 Å². The van der Waals surface area contributed by atoms with Gasteiger partial charge in [0.05, 0.1) is 13.2 Å². The van der Waals surface area contributed by atoms with Crippen LogP contribution < -0.4 is 10.5 Å². The number of nitrogens with two attached hydrogens (primary N) is 1. The van der Waals surface area contributed by atoms with E-state index in [1.165, 1.54) is 0 Å². The molecule has 3 rings (SSSR count). The molecule has 0 saturated heterocycles. The van der Waals surface area contributed by atoms with Gasteiger partial charge in [0.1, 0.15) is 36.4 Å². The van der Waals surface area contributed by atoms with Gasteiger partial charge in [-0.25, -0.2) is 4.57 Å². The van der Waals surface area contributed by atoms with Crippen molar-refractivity contribution in [3.05, 3.63) is 84.4 Å². The van der Waals surface area contributed by atoms with E-state index in [0.29, 0.717) is 17.1 Å². The Morgan fingerprint density at radius 3 is 2.18 bits per heavy atom. The molecule has 0 aliphatic rings. The molecule has 0 fully saturated rings. The summed E-state index contributed by atoms with van der Waals surface area (Å²) < 4.78 is 31.5. The predicted molar refractivity (Wildman–Crippen MR) is 140 cm³/mol. The number of benzene rings is 3. The maximum absolute atomic E-state index is 12.5. The highest BCUT2D eigenvalue weighted by Gasteiger charge is 2.24. The Bertz CT molecular complexity index is 1310. The number of carboxylic acids is 1. The molecule has 0 radical (unpaired) electrons. The zero-order valence-electron chi connectivity index (χ0n) is 20.8. The van der Waals surface area contributed by atoms with Crippen LogP contribution in [0.15, 0.2) is 78.9 Å². The molecule has 0 aromatic heterocycles. The average molecular weight is 557 g/mol. The normalized spacial score (nSPS) is 13.2. The summed E-state index contributed by atoms with van der Waals surface area (Å²) in [6.45, 7) is -1.69. The van der Waals surface area contributed by atoms with E-state index in [1.54, 1.807) is 24.3 Å². The summed E-state index contributed by atoms with van der Waals surface area (Å²) in [5, 5.41) is 8.64. The van der Waals surface area contributed by atoms with Crippen LogP contribution in [0, 0.1) is 0 Å². The number of phosphoric ester groups is 1. The van der Waals surface area contributed by atoms with Gasteiger partial charge in [0.15, 0.2) is 0 Å². The third-order valence-electron chi connectivity index (χ3n) is 5.23. The fourth-order valence-electron chi connectivity index (χ4n) is 3.30. The minimum Gasteiger partial charge on any atom is -0.480 e. The number of carboxylic acid groups (broad SMARTS) is 1. The lowest BCUT2D eigenvalue weighted by Crippen LogP contribution is -2.34. The summed E-state index contributed by atoms with van der Waals surface area (Å²) >= 11 is 0. The Morgan fingerprint density at radius 1 is 0.846 bits per heavy atom. The van der Waals surface area contributed by atoms with E-state index < -0.39 is 57.8 Å². The number of carbonyl (C=O) groups excluding carboxylic acids is 2. The van der Waals surface area contributed by atoms with Crippen molar-refractivity contribution >= 4 is 25.5 Å². The topological polar surface area (TPSA) is 172 Å². The van der Waals surface area contributed by atoms with Gasteiger partial charge in [-0.1, -0.05) is 60.7 Å². The van der Waals surface area contributed by atoms with Gasteiger partial charge >= 0.3 is 19.8 Å². The number of ketones is 1. The number of esters is 1. The zero-order valence-corrected chi connectivity index (χ0v) is 21.7. The number of aliphatic carboxylic acids is 1. The summed E-state index contributed by atoms with van der Waals surface area (Å²) in [6.07, 6.45) is -0.603. The first-order valence-corrected chi connectivity index (χ1v) is 13.3. The van der Waals surface area contributed by atoms with Gasteiger partial charge in [0.25, 0.3) is 0 Å². The lowest BCUT2D eigenvalue weighted by molar-refractivity contribution is -0.147. The van der Waals surface area contributed by atoms with Gasteiger partial charge in [-0.3, -0.25) is 23.4 Å². The smallest absolute Gasteiger partial charge is 0.472 e. The largest absolute Gasteiger partial charge is 0.480 e. The van der Waals surface area contributed by atoms with Gasteiger partial charge in [0, 0.05) is 12.0 Å². The van der Waals surface area contributed by atoms with E-state index in [4.69, 9.17) is 20.3 Å². The molecule has 3 aromatic carbocycles. The molecule has 0 spiro atoms. The zero-order chi connectivity index (χ0) is 28.3. The molecule has 206 valence electrons. The highest BCUT2D eigenvalue weighted by molar-refractivity contribution is 7.47. The Balaban J connectivity index is 1.45. The minimum atomic E-state index is -4.59. The van der Waals surface area contributed by atoms with Crippen LogP contribution in [0.25, 0.3) is 11.1 Å². The van der Waals surface area contributed by atoms with E-state index in [2.05, 4.69) is 9.05 Å². The number of carbonyl (C=O) groups is 3. The number of para-hydroxylation sites is 1. The molecule has 0 bridgehead atoms. The van der Waals surface area contributed by atoms with E-state index in [9.17, 15) is 23.8 Å². The quantitative estimate of drug-likeness (QED) is 0.108. The van der Waals surface area contributed by atoms with Crippen LogP contribution >= 0.6 is 7.82 Å². The van der Waals surface area contributed by atoms with Crippen molar-refractivity contribution in [3.8, 4) is 22.6 Å². The van der Waals surface area contributed by atoms with Crippen molar-refractivity contribution in [2.75, 3.05) is 19.8 Å². The molecular formula is C27H28NO10P. The fraction of sp³-hybridized carbons (Fsp3) is 0.222. The summed E-state index contributed by atoms with van der Waals surface area (Å²) in [5.74, 6) is -1.62. The molecule has 11 nitrogen and oxygen atoms in total. The van der Waals surface area contributed by atoms with E-state index in [-0.39, 0.29) is 6.42 Å². The Kier molecular flexibility index (Phi) is 10.9. The van der Waals surface area contributed by atoms with Crippen LogP contribution in [-0.4, -0.2) is 53.6 Å². The highest BCUT2D eigenvalue weighted by Crippen LogP contribution is 2.42. The fourth-order valence-corrected chi connectivity index (χ4v) is 4.03. The average Bonchev–Trinajstić information content (AvgIpc) is 2.92. The third kappa shape index (κ3) is 10.1. The van der Waals surface area contributed by atoms with Gasteiger partial charge < -0.3 is 25.2 Å². The number of hydrogen-bond acceptors (Lipinski definition) is 9. The number of phosphoric acid groups is 1. The van der Waals surface area contributed by atoms with Crippen molar-refractivity contribution in [2.45, 2.75) is 18.9 Å². The van der Waals surface area contributed by atoms with Gasteiger partial charge in [-0.15, -0.1) is 0 Å². The first kappa shape index (κ1) is 29.7. The number of rotatable bonds is 15. The molecule has 0 heterocycles. The predicted octanol–water partition coefficient (Wildman–Crippen LogP) is 3.74. The third-order valence-corrected chi connectivity index (χ3v) is 6.21. The maximum atomic E-state index is 12.5. The van der Waals surface area contributed by atoms with Crippen LogP contribution in [0.3, 0.4) is 0 Å². The molecule has 0 aliphatic heterocycles. The van der Waals surface area contributed by atoms with Crippen molar-refractivity contribution in [1.82, 2.24) is 0 Å². The first-order valence-electron chi connectivity index (χ1n) is 11.8. The molecule has 4 N–H and O–H groups in total. The molecular weight excluding hydrogens is 529 g/mol. The Morgan fingerprint density at radius 2 is 1.49 bits per heavy atom. The summed E-state index contributed by atoms with van der Waals surface area (Å²) in [7, 11) is -4.59. The molecule has 1 unspecified atom stereocenters. The lowest BCUT2D eigenvalue weighted by atomic mass is 10.1. The monoisotopic (exact) mass is 557 g/mol. The van der Waals surface area contributed by atoms with Crippen molar-refractivity contribution in [3.63, 3.8) is 0 Å². The first-order chi connectivity index (χ1) is 18.6. The molecule has 0 saturated carbocycles. The molecule has 39 heavy (non-hydrogen) atoms. The van der Waals surface area contributed by atoms with Crippen LogP contribution in [0.5, 0.6) is 11.5 Å². The maximum Gasteiger partial charge on any atom is 0.472 e. The molecule has 3 aromatic rings. The van der Waals surface area contributed by atoms with Crippen LogP contribution in [0.1, 0.15) is 12.0 Å². The van der Waals surface area contributed by atoms with Crippen LogP contribution in [0.2, 0.25) is 0 Å². The van der Waals surface area contributed by atoms with Crippen LogP contribution in [-0.2, 0) is 39.2 Å². The molecule has 0 amide bonds. The van der Waals surface area contributed by atoms with Crippen LogP contribution in [0.4, 0.5) is 0 Å².